The highest BCUT2D eigenvalue weighted by Gasteiger charge is 2.28. The first-order valence-electron chi connectivity index (χ1n) is 19.4. The van der Waals surface area contributed by atoms with Gasteiger partial charge in [-0.3, -0.25) is 5.32 Å². The number of hydrogen-bond donors (Lipinski definition) is 2. The Bertz CT molecular complexity index is 3360. The Balaban J connectivity index is 1.03. The van der Waals surface area contributed by atoms with Crippen LogP contribution in [0.15, 0.2) is 197 Å². The molecule has 12 rings (SSSR count). The lowest BCUT2D eigenvalue weighted by molar-refractivity contribution is 0.411. The Morgan fingerprint density at radius 1 is 0.456 bits per heavy atom. The Morgan fingerprint density at radius 2 is 1.07 bits per heavy atom. The van der Waals surface area contributed by atoms with Gasteiger partial charge in [-0.25, -0.2) is 4.99 Å². The van der Waals surface area contributed by atoms with Crippen LogP contribution in [0.25, 0.3) is 76.9 Å². The Hall–Kier alpha value is -7.41. The van der Waals surface area contributed by atoms with E-state index < -0.39 is 0 Å². The number of rotatable bonds is 5. The highest BCUT2D eigenvalue weighted by atomic mass is 16.3. The molecule has 1 aliphatic heterocycles. The molecule has 0 bridgehead atoms. The van der Waals surface area contributed by atoms with Crippen LogP contribution in [0.3, 0.4) is 0 Å². The molecule has 3 aromatic heterocycles. The minimum Gasteiger partial charge on any atom is -0.456 e. The van der Waals surface area contributed by atoms with E-state index in [0.29, 0.717) is 0 Å². The van der Waals surface area contributed by atoms with Crippen LogP contribution in [0, 0.1) is 0 Å². The summed E-state index contributed by atoms with van der Waals surface area (Å²) in [4.78, 5) is 5.14. The molecule has 57 heavy (non-hydrogen) atoms. The lowest BCUT2D eigenvalue weighted by Crippen LogP contribution is -2.45. The number of nitrogens with one attached hydrogen (secondary N) is 2. The van der Waals surface area contributed by atoms with Gasteiger partial charge in [0.2, 0.25) is 0 Å². The third kappa shape index (κ3) is 4.98. The fourth-order valence-corrected chi connectivity index (χ4v) is 9.05. The van der Waals surface area contributed by atoms with E-state index in [-0.39, 0.29) is 12.3 Å². The molecule has 270 valence electrons. The minimum atomic E-state index is -0.226. The van der Waals surface area contributed by atoms with Crippen LogP contribution in [-0.4, -0.2) is 15.0 Å². The maximum absolute atomic E-state index is 6.75. The summed E-state index contributed by atoms with van der Waals surface area (Å²) in [5.74, 6) is 0.854. The van der Waals surface area contributed by atoms with Crippen LogP contribution >= 0.6 is 0 Å². The van der Waals surface area contributed by atoms with Crippen LogP contribution in [0.4, 0.5) is 0 Å². The van der Waals surface area contributed by atoms with Crippen molar-refractivity contribution in [1.29, 1.82) is 0 Å². The molecule has 0 radical (unpaired) electrons. The van der Waals surface area contributed by atoms with E-state index in [1.807, 2.05) is 12.1 Å². The average Bonchev–Trinajstić information content (AvgIpc) is 3.93. The second kappa shape index (κ2) is 12.6. The molecule has 2 N–H and O–H groups in total. The van der Waals surface area contributed by atoms with E-state index >= 15 is 0 Å². The van der Waals surface area contributed by atoms with Crippen LogP contribution in [0.5, 0.6) is 0 Å². The quantitative estimate of drug-likeness (QED) is 0.185. The van der Waals surface area contributed by atoms with Crippen LogP contribution < -0.4 is 10.6 Å². The van der Waals surface area contributed by atoms with Gasteiger partial charge in [-0.1, -0.05) is 127 Å². The fraction of sp³-hybridized carbons (Fsp3) is 0.0392. The van der Waals surface area contributed by atoms with Crippen molar-refractivity contribution in [2.75, 3.05) is 0 Å². The number of amidine groups is 1. The van der Waals surface area contributed by atoms with Crippen molar-refractivity contribution in [1.82, 2.24) is 19.8 Å². The molecule has 0 spiro atoms. The minimum absolute atomic E-state index is 0.218. The zero-order valence-corrected chi connectivity index (χ0v) is 30.8. The lowest BCUT2D eigenvalue weighted by atomic mass is 10.0. The van der Waals surface area contributed by atoms with Crippen molar-refractivity contribution in [3.63, 3.8) is 0 Å². The standard InChI is InChI=1S/C51H35N5O/c1-4-15-32(16-5-1)49-52-50(33-17-6-2-7-18-33)54-51(53-49)39-23-14-26-46-48(39)38-28-27-35(29-47(38)57-46)56-43-25-13-11-22-37(43)41-30-44-40(31-45(41)56)36-21-10-12-24-42(36)55(44)34-19-8-3-9-20-34/h1-31,49,51,53H,(H,52,54). The maximum Gasteiger partial charge on any atom is 0.137 e. The van der Waals surface area contributed by atoms with Crippen LogP contribution in [0.2, 0.25) is 0 Å². The lowest BCUT2D eigenvalue weighted by Gasteiger charge is -2.32. The third-order valence-electron chi connectivity index (χ3n) is 11.6. The number of nitrogens with zero attached hydrogens (tertiary/aromatic N) is 3. The van der Waals surface area contributed by atoms with Crippen molar-refractivity contribution in [3.8, 4) is 11.4 Å². The maximum atomic E-state index is 6.75. The molecule has 4 heterocycles. The molecule has 0 fully saturated rings. The largest absolute Gasteiger partial charge is 0.456 e. The first-order chi connectivity index (χ1) is 28.3. The molecule has 0 aliphatic carbocycles. The summed E-state index contributed by atoms with van der Waals surface area (Å²) in [6.45, 7) is 0. The first kappa shape index (κ1) is 31.9. The number of aliphatic imine (C=N–C) groups is 1. The molecule has 2 unspecified atom stereocenters. The SMILES string of the molecule is c1ccc(C2=NC(c3ccccc3)NC(c3cccc4oc5cc(-n6c7ccccc7c7cc8c(cc76)c6ccccc6n8-c6ccccc6)ccc5c34)N2)cc1. The fourth-order valence-electron chi connectivity index (χ4n) is 9.05. The van der Waals surface area contributed by atoms with E-state index in [1.165, 1.54) is 32.6 Å². The second-order valence-corrected chi connectivity index (χ2v) is 14.8. The predicted octanol–water partition coefficient (Wildman–Crippen LogP) is 12.1. The number of aromatic nitrogens is 2. The summed E-state index contributed by atoms with van der Waals surface area (Å²) in [7, 11) is 0. The molecule has 0 saturated heterocycles. The molecule has 0 saturated carbocycles. The van der Waals surface area contributed by atoms with Gasteiger partial charge in [-0.05, 0) is 60.2 Å². The zero-order valence-electron chi connectivity index (χ0n) is 30.8. The molecular weight excluding hydrogens is 699 g/mol. The Kier molecular flexibility index (Phi) is 7.03. The summed E-state index contributed by atoms with van der Waals surface area (Å²) < 4.78 is 11.5. The first-order valence-corrected chi connectivity index (χ1v) is 19.4. The van der Waals surface area contributed by atoms with E-state index in [1.54, 1.807) is 0 Å². The van der Waals surface area contributed by atoms with Crippen molar-refractivity contribution in [2.45, 2.75) is 12.3 Å². The van der Waals surface area contributed by atoms with Crippen molar-refractivity contribution in [3.05, 3.63) is 205 Å². The topological polar surface area (TPSA) is 59.4 Å². The Morgan fingerprint density at radius 3 is 1.77 bits per heavy atom. The van der Waals surface area contributed by atoms with Crippen molar-refractivity contribution in [2.24, 2.45) is 4.99 Å². The van der Waals surface area contributed by atoms with E-state index in [4.69, 9.17) is 9.41 Å². The normalized spacial score (nSPS) is 15.9. The van der Waals surface area contributed by atoms with Crippen LogP contribution in [0.1, 0.15) is 29.0 Å². The highest BCUT2D eigenvalue weighted by Crippen LogP contribution is 2.41. The number of para-hydroxylation sites is 3. The van der Waals surface area contributed by atoms with Crippen molar-refractivity contribution < 1.29 is 4.42 Å². The van der Waals surface area contributed by atoms with Gasteiger partial charge in [0.15, 0.2) is 0 Å². The molecule has 11 aromatic rings. The molecule has 0 amide bonds. The van der Waals surface area contributed by atoms with Gasteiger partial charge in [0.1, 0.15) is 29.3 Å². The van der Waals surface area contributed by atoms with Gasteiger partial charge in [0, 0.05) is 60.9 Å². The summed E-state index contributed by atoms with van der Waals surface area (Å²) in [6, 6.07) is 66.7. The molecule has 6 nitrogen and oxygen atoms in total. The predicted molar refractivity (Wildman–Crippen MR) is 234 cm³/mol. The third-order valence-corrected chi connectivity index (χ3v) is 11.6. The smallest absolute Gasteiger partial charge is 0.137 e. The Labute approximate surface area is 327 Å². The van der Waals surface area contributed by atoms with Gasteiger partial charge in [-0.15, -0.1) is 0 Å². The van der Waals surface area contributed by atoms with Crippen molar-refractivity contribution >= 4 is 71.4 Å². The van der Waals surface area contributed by atoms with Gasteiger partial charge in [0.25, 0.3) is 0 Å². The zero-order chi connectivity index (χ0) is 37.5. The average molecular weight is 734 g/mol. The monoisotopic (exact) mass is 733 g/mol. The summed E-state index contributed by atoms with van der Waals surface area (Å²) in [5, 5.41) is 14.6. The van der Waals surface area contributed by atoms with Gasteiger partial charge in [-0.2, -0.15) is 0 Å². The summed E-state index contributed by atoms with van der Waals surface area (Å²) in [5.41, 5.74) is 11.9. The molecule has 1 aliphatic rings. The van der Waals surface area contributed by atoms with E-state index in [9.17, 15) is 0 Å². The number of furan rings is 1. The second-order valence-electron chi connectivity index (χ2n) is 14.8. The summed E-state index contributed by atoms with van der Waals surface area (Å²) in [6.07, 6.45) is -0.444. The number of benzene rings is 8. The number of hydrogen-bond acceptors (Lipinski definition) is 4. The van der Waals surface area contributed by atoms with Gasteiger partial charge in [0.05, 0.1) is 22.1 Å². The van der Waals surface area contributed by atoms with Crippen LogP contribution in [-0.2, 0) is 0 Å². The number of fused-ring (bicyclic) bond motifs is 9. The van der Waals surface area contributed by atoms with E-state index in [0.717, 1.165) is 66.9 Å². The molecule has 8 aromatic carbocycles. The van der Waals surface area contributed by atoms with E-state index in [2.05, 4.69) is 196 Å². The molecular formula is C51H35N5O. The highest BCUT2D eigenvalue weighted by molar-refractivity contribution is 6.19. The summed E-state index contributed by atoms with van der Waals surface area (Å²) >= 11 is 0. The van der Waals surface area contributed by atoms with Gasteiger partial charge < -0.3 is 18.9 Å². The molecule has 6 heteroatoms. The molecule has 2 atom stereocenters. The van der Waals surface area contributed by atoms with Gasteiger partial charge >= 0.3 is 0 Å².